The summed E-state index contributed by atoms with van der Waals surface area (Å²) in [5, 5.41) is 3.03. The van der Waals surface area contributed by atoms with Crippen LogP contribution in [0.4, 0.5) is 0 Å². The number of hydrazine groups is 1. The fraction of sp³-hybridized carbons (Fsp3) is 0.588. The molecule has 1 aromatic rings. The third-order valence-corrected chi connectivity index (χ3v) is 4.48. The largest absolute Gasteiger partial charge is 0.366 e. The maximum absolute atomic E-state index is 12.4. The highest BCUT2D eigenvalue weighted by molar-refractivity contribution is 5.81. The van der Waals surface area contributed by atoms with Crippen molar-refractivity contribution < 1.29 is 9.53 Å². The second-order valence-corrected chi connectivity index (χ2v) is 6.27. The number of ether oxygens (including phenoxy) is 1. The van der Waals surface area contributed by atoms with E-state index in [1.54, 1.807) is 0 Å². The maximum Gasteiger partial charge on any atom is 0.251 e. The van der Waals surface area contributed by atoms with E-state index in [1.165, 1.54) is 5.56 Å². The molecule has 0 spiro atoms. The molecule has 0 bridgehead atoms. The molecule has 6 nitrogen and oxygen atoms in total. The van der Waals surface area contributed by atoms with Crippen LogP contribution < -0.4 is 16.2 Å². The number of rotatable bonds is 5. The average molecular weight is 318 g/mol. The predicted octanol–water partition coefficient (Wildman–Crippen LogP) is 0.606. The highest BCUT2D eigenvalue weighted by Crippen LogP contribution is 2.12. The predicted molar refractivity (Wildman–Crippen MR) is 88.4 cm³/mol. The molecule has 23 heavy (non-hydrogen) atoms. The Hall–Kier alpha value is -1.47. The first kappa shape index (κ1) is 16.4. The Bertz CT molecular complexity index is 511. The van der Waals surface area contributed by atoms with Gasteiger partial charge >= 0.3 is 0 Å². The summed E-state index contributed by atoms with van der Waals surface area (Å²) in [7, 11) is 0. The summed E-state index contributed by atoms with van der Waals surface area (Å²) < 4.78 is 5.67. The molecule has 3 unspecified atom stereocenters. The van der Waals surface area contributed by atoms with E-state index in [0.29, 0.717) is 19.2 Å². The van der Waals surface area contributed by atoms with E-state index in [0.717, 1.165) is 25.9 Å². The molecule has 0 radical (unpaired) electrons. The fourth-order valence-electron chi connectivity index (χ4n) is 3.10. The van der Waals surface area contributed by atoms with Crippen LogP contribution in [0.15, 0.2) is 30.3 Å². The molecule has 3 atom stereocenters. The Morgan fingerprint density at radius 2 is 2.17 bits per heavy atom. The molecule has 3 N–H and O–H groups in total. The molecule has 2 saturated heterocycles. The van der Waals surface area contributed by atoms with Crippen LogP contribution in [0.5, 0.6) is 0 Å². The molecular weight excluding hydrogens is 292 g/mol. The summed E-state index contributed by atoms with van der Waals surface area (Å²) in [6, 6.07) is 10.8. The van der Waals surface area contributed by atoms with Gasteiger partial charge in [-0.3, -0.25) is 15.1 Å². The van der Waals surface area contributed by atoms with Gasteiger partial charge in [0.1, 0.15) is 6.10 Å². The molecule has 2 fully saturated rings. The zero-order valence-electron chi connectivity index (χ0n) is 13.6. The van der Waals surface area contributed by atoms with Crippen molar-refractivity contribution in [1.82, 2.24) is 21.1 Å². The van der Waals surface area contributed by atoms with Gasteiger partial charge in [0.15, 0.2) is 0 Å². The van der Waals surface area contributed by atoms with Crippen LogP contribution in [0.25, 0.3) is 0 Å². The lowest BCUT2D eigenvalue weighted by molar-refractivity contribution is -0.139. The summed E-state index contributed by atoms with van der Waals surface area (Å²) >= 11 is 0. The Balaban J connectivity index is 1.49. The van der Waals surface area contributed by atoms with Gasteiger partial charge in [-0.05, 0) is 18.4 Å². The third kappa shape index (κ3) is 4.51. The lowest BCUT2D eigenvalue weighted by atomic mass is 10.1. The third-order valence-electron chi connectivity index (χ3n) is 4.48. The first-order valence-electron chi connectivity index (χ1n) is 8.44. The van der Waals surface area contributed by atoms with E-state index in [-0.39, 0.29) is 12.1 Å². The first-order chi connectivity index (χ1) is 11.2. The van der Waals surface area contributed by atoms with Gasteiger partial charge in [-0.25, -0.2) is 5.43 Å². The number of nitrogens with one attached hydrogen (secondary N) is 3. The molecule has 2 heterocycles. The fourth-order valence-corrected chi connectivity index (χ4v) is 3.10. The summed E-state index contributed by atoms with van der Waals surface area (Å²) in [6.45, 7) is 5.08. The van der Waals surface area contributed by atoms with Crippen LogP contribution in [0, 0.1) is 0 Å². The molecule has 126 valence electrons. The molecule has 1 aromatic carbocycles. The highest BCUT2D eigenvalue weighted by Gasteiger charge is 2.30. The number of hydrogen-bond acceptors (Lipinski definition) is 5. The topological polar surface area (TPSA) is 65.6 Å². The summed E-state index contributed by atoms with van der Waals surface area (Å²) in [6.07, 6.45) is 1.54. The van der Waals surface area contributed by atoms with Crippen LogP contribution in [0.2, 0.25) is 0 Å². The van der Waals surface area contributed by atoms with Crippen LogP contribution in [0.3, 0.4) is 0 Å². The molecular formula is C17H26N4O2. The van der Waals surface area contributed by atoms with Gasteiger partial charge in [0.2, 0.25) is 0 Å². The van der Waals surface area contributed by atoms with Crippen molar-refractivity contribution >= 4 is 5.91 Å². The summed E-state index contributed by atoms with van der Waals surface area (Å²) in [5.74, 6) is -0.0289. The van der Waals surface area contributed by atoms with Crippen molar-refractivity contribution in [2.24, 2.45) is 0 Å². The minimum atomic E-state index is -0.394. The summed E-state index contributed by atoms with van der Waals surface area (Å²) in [5.41, 5.74) is 7.58. The van der Waals surface area contributed by atoms with Gasteiger partial charge in [-0.2, -0.15) is 0 Å². The van der Waals surface area contributed by atoms with Crippen molar-refractivity contribution in [3.05, 3.63) is 35.9 Å². The van der Waals surface area contributed by atoms with Gasteiger partial charge in [0.05, 0.1) is 12.8 Å². The maximum atomic E-state index is 12.4. The molecule has 2 aliphatic rings. The van der Waals surface area contributed by atoms with Gasteiger partial charge in [0.25, 0.3) is 5.91 Å². The van der Waals surface area contributed by atoms with Crippen molar-refractivity contribution in [2.45, 2.75) is 44.6 Å². The first-order valence-corrected chi connectivity index (χ1v) is 8.44. The smallest absolute Gasteiger partial charge is 0.251 e. The molecule has 0 aromatic heterocycles. The number of morpholine rings is 1. The standard InChI is InChI=1S/C17H26N4O2/c1-2-14-10-16(20-19-14)18-17(22)15-12-21(8-9-23-15)11-13-6-4-3-5-7-13/h3-7,14-16,19-20H,2,8-12H2,1H3,(H,18,22). The molecule has 0 saturated carbocycles. The van der Waals surface area contributed by atoms with E-state index in [1.807, 2.05) is 18.2 Å². The number of hydrogen-bond donors (Lipinski definition) is 3. The number of benzene rings is 1. The van der Waals surface area contributed by atoms with E-state index >= 15 is 0 Å². The van der Waals surface area contributed by atoms with Crippen LogP contribution in [-0.4, -0.2) is 48.8 Å². The molecule has 0 aliphatic carbocycles. The number of carbonyl (C=O) groups is 1. The normalized spacial score (nSPS) is 28.7. The molecule has 6 heteroatoms. The molecule has 1 amide bonds. The molecule has 2 aliphatic heterocycles. The van der Waals surface area contributed by atoms with E-state index in [4.69, 9.17) is 4.74 Å². The van der Waals surface area contributed by atoms with Crippen molar-refractivity contribution in [3.8, 4) is 0 Å². The number of carbonyl (C=O) groups excluding carboxylic acids is 1. The minimum absolute atomic E-state index is 0.0134. The van der Waals surface area contributed by atoms with E-state index < -0.39 is 6.10 Å². The summed E-state index contributed by atoms with van der Waals surface area (Å²) in [4.78, 5) is 14.7. The van der Waals surface area contributed by atoms with Gasteiger partial charge in [0, 0.05) is 25.7 Å². The SMILES string of the molecule is CCC1CC(NC(=O)C2CN(Cc3ccccc3)CCO2)NN1. The zero-order valence-corrected chi connectivity index (χ0v) is 13.6. The molecule has 3 rings (SSSR count). The van der Waals surface area contributed by atoms with Gasteiger partial charge in [-0.1, -0.05) is 37.3 Å². The van der Waals surface area contributed by atoms with Gasteiger partial charge in [-0.15, -0.1) is 0 Å². The van der Waals surface area contributed by atoms with Crippen LogP contribution in [0.1, 0.15) is 25.3 Å². The van der Waals surface area contributed by atoms with Crippen LogP contribution in [-0.2, 0) is 16.1 Å². The average Bonchev–Trinajstić information content (AvgIpc) is 3.03. The van der Waals surface area contributed by atoms with Crippen molar-refractivity contribution in [3.63, 3.8) is 0 Å². The zero-order chi connectivity index (χ0) is 16.1. The lowest BCUT2D eigenvalue weighted by Crippen LogP contribution is -2.53. The van der Waals surface area contributed by atoms with Crippen molar-refractivity contribution in [2.75, 3.05) is 19.7 Å². The second kappa shape index (κ2) is 7.88. The van der Waals surface area contributed by atoms with E-state index in [9.17, 15) is 4.79 Å². The van der Waals surface area contributed by atoms with Crippen molar-refractivity contribution in [1.29, 1.82) is 0 Å². The van der Waals surface area contributed by atoms with E-state index in [2.05, 4.69) is 40.1 Å². The Morgan fingerprint density at radius 1 is 1.35 bits per heavy atom. The Morgan fingerprint density at radius 3 is 2.91 bits per heavy atom. The Labute approximate surface area is 137 Å². The number of amides is 1. The quantitative estimate of drug-likeness (QED) is 0.742. The monoisotopic (exact) mass is 318 g/mol. The minimum Gasteiger partial charge on any atom is -0.366 e. The Kier molecular flexibility index (Phi) is 5.61. The highest BCUT2D eigenvalue weighted by atomic mass is 16.5. The van der Waals surface area contributed by atoms with Gasteiger partial charge < -0.3 is 10.1 Å². The number of nitrogens with zero attached hydrogens (tertiary/aromatic N) is 1. The van der Waals surface area contributed by atoms with Crippen LogP contribution >= 0.6 is 0 Å². The second-order valence-electron chi connectivity index (χ2n) is 6.27. The lowest BCUT2D eigenvalue weighted by Gasteiger charge is -2.32.